The Hall–Kier alpha value is -1.39. The van der Waals surface area contributed by atoms with Crippen LogP contribution in [-0.4, -0.2) is 27.7 Å². The molecule has 4 heteroatoms. The van der Waals surface area contributed by atoms with Gasteiger partial charge in [-0.25, -0.2) is 4.98 Å². The zero-order chi connectivity index (χ0) is 12.1. The summed E-state index contributed by atoms with van der Waals surface area (Å²) >= 11 is 0. The van der Waals surface area contributed by atoms with Crippen molar-refractivity contribution < 1.29 is 5.11 Å². The summed E-state index contributed by atoms with van der Waals surface area (Å²) in [6, 6.07) is 4.03. The van der Waals surface area contributed by atoms with Crippen LogP contribution in [0.4, 0.5) is 0 Å². The molecule has 4 nitrogen and oxygen atoms in total. The van der Waals surface area contributed by atoms with Gasteiger partial charge in [-0.1, -0.05) is 0 Å². The number of fused-ring (bicyclic) bond motifs is 1. The van der Waals surface area contributed by atoms with E-state index in [1.165, 1.54) is 10.9 Å². The first-order valence-corrected chi connectivity index (χ1v) is 6.07. The van der Waals surface area contributed by atoms with Gasteiger partial charge in [-0.15, -0.1) is 0 Å². The molecule has 1 atom stereocenters. The predicted molar refractivity (Wildman–Crippen MR) is 68.7 cm³/mol. The number of hydrogen-bond acceptors (Lipinski definition) is 3. The minimum absolute atomic E-state index is 0.200. The highest BCUT2D eigenvalue weighted by Crippen LogP contribution is 2.14. The van der Waals surface area contributed by atoms with E-state index in [4.69, 9.17) is 5.11 Å². The maximum Gasteiger partial charge on any atom is 0.137 e. The number of aliphatic hydroxyl groups is 1. The lowest BCUT2D eigenvalue weighted by Gasteiger charge is -2.05. The van der Waals surface area contributed by atoms with Crippen molar-refractivity contribution in [2.24, 2.45) is 0 Å². The van der Waals surface area contributed by atoms with Gasteiger partial charge in [-0.2, -0.15) is 0 Å². The third-order valence-corrected chi connectivity index (χ3v) is 2.83. The van der Waals surface area contributed by atoms with Crippen molar-refractivity contribution in [1.82, 2.24) is 15.3 Å². The van der Waals surface area contributed by atoms with Gasteiger partial charge in [0, 0.05) is 24.3 Å². The fourth-order valence-corrected chi connectivity index (χ4v) is 1.90. The molecule has 2 rings (SSSR count). The van der Waals surface area contributed by atoms with E-state index in [2.05, 4.69) is 21.4 Å². The van der Waals surface area contributed by atoms with E-state index in [0.717, 1.165) is 31.6 Å². The standard InChI is InChI=1S/C13H19N3O/c1-10(17)4-2-6-14-8-11-9-16-13-12(11)5-3-7-15-13/h3,5,7,9-10,14,17H,2,4,6,8H2,1H3,(H,15,16). The lowest BCUT2D eigenvalue weighted by molar-refractivity contribution is 0.181. The van der Waals surface area contributed by atoms with Crippen molar-refractivity contribution in [2.45, 2.75) is 32.4 Å². The summed E-state index contributed by atoms with van der Waals surface area (Å²) in [5.74, 6) is 0. The second kappa shape index (κ2) is 5.80. The zero-order valence-corrected chi connectivity index (χ0v) is 10.1. The summed E-state index contributed by atoms with van der Waals surface area (Å²) < 4.78 is 0. The first-order chi connectivity index (χ1) is 8.27. The summed E-state index contributed by atoms with van der Waals surface area (Å²) in [5.41, 5.74) is 2.18. The van der Waals surface area contributed by atoms with Crippen LogP contribution in [0.15, 0.2) is 24.5 Å². The Balaban J connectivity index is 1.83. The number of nitrogens with one attached hydrogen (secondary N) is 2. The highest BCUT2D eigenvalue weighted by atomic mass is 16.3. The van der Waals surface area contributed by atoms with Crippen LogP contribution in [0.25, 0.3) is 11.0 Å². The SMILES string of the molecule is CC(O)CCCNCc1c[nH]c2ncccc12. The van der Waals surface area contributed by atoms with Crippen LogP contribution in [0.2, 0.25) is 0 Å². The molecule has 92 valence electrons. The normalized spacial score (nSPS) is 13.1. The Morgan fingerprint density at radius 3 is 3.24 bits per heavy atom. The summed E-state index contributed by atoms with van der Waals surface area (Å²) in [5, 5.41) is 13.7. The van der Waals surface area contributed by atoms with Crippen molar-refractivity contribution in [1.29, 1.82) is 0 Å². The van der Waals surface area contributed by atoms with Crippen LogP contribution < -0.4 is 5.32 Å². The number of aliphatic hydroxyl groups excluding tert-OH is 1. The summed E-state index contributed by atoms with van der Waals surface area (Å²) in [6.07, 6.45) is 5.44. The minimum Gasteiger partial charge on any atom is -0.393 e. The van der Waals surface area contributed by atoms with Gasteiger partial charge in [0.25, 0.3) is 0 Å². The summed E-state index contributed by atoms with van der Waals surface area (Å²) in [6.45, 7) is 3.59. The molecule has 2 heterocycles. The molecule has 0 aromatic carbocycles. The average molecular weight is 233 g/mol. The van der Waals surface area contributed by atoms with E-state index in [1.54, 1.807) is 6.20 Å². The molecule has 2 aromatic heterocycles. The fourth-order valence-electron chi connectivity index (χ4n) is 1.90. The number of nitrogens with zero attached hydrogens (tertiary/aromatic N) is 1. The second-order valence-electron chi connectivity index (χ2n) is 4.38. The number of hydrogen-bond donors (Lipinski definition) is 3. The molecular weight excluding hydrogens is 214 g/mol. The third kappa shape index (κ3) is 3.28. The molecule has 0 aliphatic heterocycles. The molecule has 0 bridgehead atoms. The predicted octanol–water partition coefficient (Wildman–Crippen LogP) is 1.81. The van der Waals surface area contributed by atoms with Crippen molar-refractivity contribution in [2.75, 3.05) is 6.54 Å². The van der Waals surface area contributed by atoms with Crippen LogP contribution >= 0.6 is 0 Å². The smallest absolute Gasteiger partial charge is 0.137 e. The molecule has 17 heavy (non-hydrogen) atoms. The molecule has 0 amide bonds. The number of aromatic nitrogens is 2. The molecule has 0 saturated carbocycles. The Kier molecular flexibility index (Phi) is 4.12. The van der Waals surface area contributed by atoms with Crippen LogP contribution in [0.1, 0.15) is 25.3 Å². The number of H-pyrrole nitrogens is 1. The first-order valence-electron chi connectivity index (χ1n) is 6.07. The van der Waals surface area contributed by atoms with Gasteiger partial charge < -0.3 is 15.4 Å². The van der Waals surface area contributed by atoms with Crippen LogP contribution in [0.3, 0.4) is 0 Å². The van der Waals surface area contributed by atoms with Crippen LogP contribution in [-0.2, 0) is 6.54 Å². The monoisotopic (exact) mass is 233 g/mol. The maximum atomic E-state index is 9.14. The van der Waals surface area contributed by atoms with E-state index in [-0.39, 0.29) is 6.10 Å². The number of aromatic amines is 1. The van der Waals surface area contributed by atoms with Crippen molar-refractivity contribution in [3.05, 3.63) is 30.1 Å². The molecule has 0 radical (unpaired) electrons. The van der Waals surface area contributed by atoms with E-state index in [9.17, 15) is 0 Å². The maximum absolute atomic E-state index is 9.14. The van der Waals surface area contributed by atoms with E-state index in [1.807, 2.05) is 19.2 Å². The Morgan fingerprint density at radius 1 is 1.53 bits per heavy atom. The molecule has 0 aliphatic carbocycles. The van der Waals surface area contributed by atoms with E-state index in [0.29, 0.717) is 0 Å². The number of pyridine rings is 1. The third-order valence-electron chi connectivity index (χ3n) is 2.83. The average Bonchev–Trinajstić information content (AvgIpc) is 2.72. The van der Waals surface area contributed by atoms with Crippen molar-refractivity contribution in [3.63, 3.8) is 0 Å². The van der Waals surface area contributed by atoms with Gasteiger partial charge in [-0.3, -0.25) is 0 Å². The molecule has 0 aliphatic rings. The molecule has 0 fully saturated rings. The molecule has 1 unspecified atom stereocenters. The zero-order valence-electron chi connectivity index (χ0n) is 10.1. The fraction of sp³-hybridized carbons (Fsp3) is 0.462. The Labute approximate surface area is 101 Å². The number of rotatable bonds is 6. The minimum atomic E-state index is -0.200. The Bertz CT molecular complexity index is 464. The van der Waals surface area contributed by atoms with Gasteiger partial charge >= 0.3 is 0 Å². The van der Waals surface area contributed by atoms with Gasteiger partial charge in [0.2, 0.25) is 0 Å². The van der Waals surface area contributed by atoms with Crippen LogP contribution in [0.5, 0.6) is 0 Å². The Morgan fingerprint density at radius 2 is 2.41 bits per heavy atom. The van der Waals surface area contributed by atoms with E-state index < -0.39 is 0 Å². The van der Waals surface area contributed by atoms with Crippen LogP contribution in [0, 0.1) is 0 Å². The molecule has 3 N–H and O–H groups in total. The van der Waals surface area contributed by atoms with Crippen molar-refractivity contribution >= 4 is 11.0 Å². The molecule has 2 aromatic rings. The topological polar surface area (TPSA) is 60.9 Å². The first kappa shape index (κ1) is 12.1. The summed E-state index contributed by atoms with van der Waals surface area (Å²) in [7, 11) is 0. The highest BCUT2D eigenvalue weighted by Gasteiger charge is 2.02. The highest BCUT2D eigenvalue weighted by molar-refractivity contribution is 5.79. The van der Waals surface area contributed by atoms with Gasteiger partial charge in [-0.05, 0) is 44.0 Å². The second-order valence-corrected chi connectivity index (χ2v) is 4.38. The molecular formula is C13H19N3O. The lowest BCUT2D eigenvalue weighted by Crippen LogP contribution is -2.16. The van der Waals surface area contributed by atoms with Gasteiger partial charge in [0.05, 0.1) is 6.10 Å². The van der Waals surface area contributed by atoms with Gasteiger partial charge in [0.1, 0.15) is 5.65 Å². The molecule has 0 spiro atoms. The largest absolute Gasteiger partial charge is 0.393 e. The molecule has 0 saturated heterocycles. The van der Waals surface area contributed by atoms with Gasteiger partial charge in [0.15, 0.2) is 0 Å². The summed E-state index contributed by atoms with van der Waals surface area (Å²) in [4.78, 5) is 7.41. The van der Waals surface area contributed by atoms with E-state index >= 15 is 0 Å². The quantitative estimate of drug-likeness (QED) is 0.667. The van der Waals surface area contributed by atoms with Crippen molar-refractivity contribution in [3.8, 4) is 0 Å². The lowest BCUT2D eigenvalue weighted by atomic mass is 10.2.